The quantitative estimate of drug-likeness (QED) is 0.205. The second-order valence-electron chi connectivity index (χ2n) is 9.02. The third-order valence-electron chi connectivity index (χ3n) is 5.60. The summed E-state index contributed by atoms with van der Waals surface area (Å²) in [5.41, 5.74) is -1.65. The first-order chi connectivity index (χ1) is 17.8. The zero-order valence-electron chi connectivity index (χ0n) is 21.1. The molecule has 0 bridgehead atoms. The summed E-state index contributed by atoms with van der Waals surface area (Å²) in [7, 11) is -4.38. The van der Waals surface area contributed by atoms with Crippen molar-refractivity contribution in [3.63, 3.8) is 0 Å². The fourth-order valence-electron chi connectivity index (χ4n) is 3.78. The zero-order chi connectivity index (χ0) is 28.3. The van der Waals surface area contributed by atoms with Gasteiger partial charge in [0.15, 0.2) is 6.23 Å². The molecule has 38 heavy (non-hydrogen) atoms. The van der Waals surface area contributed by atoms with Gasteiger partial charge in [-0.3, -0.25) is 23.7 Å². The fourth-order valence-corrected chi connectivity index (χ4v) is 5.75. The molecule has 1 aromatic heterocycles. The molecule has 2 heterocycles. The van der Waals surface area contributed by atoms with Crippen molar-refractivity contribution in [2.24, 2.45) is 0 Å². The first-order valence-electron chi connectivity index (χ1n) is 11.7. The Hall–Kier alpha value is -2.54. The molecule has 0 saturated carbocycles. The van der Waals surface area contributed by atoms with Crippen molar-refractivity contribution in [1.82, 2.24) is 14.6 Å². The summed E-state index contributed by atoms with van der Waals surface area (Å²) >= 11 is 6.40. The van der Waals surface area contributed by atoms with Gasteiger partial charge in [0, 0.05) is 12.3 Å². The SMILES string of the molecule is CC(C)OC(=O)[C@H](C)N[P@](=O)(Oc1ccccc1)O[C@H](C)[C@H]1O[C@@H](n2ccc(=O)[nH]c2=O)[C@@](Cl)(CF)C1O. The lowest BCUT2D eigenvalue weighted by molar-refractivity contribution is -0.149. The predicted molar refractivity (Wildman–Crippen MR) is 135 cm³/mol. The van der Waals surface area contributed by atoms with Crippen molar-refractivity contribution >= 4 is 25.3 Å². The number of nitrogens with zero attached hydrogens (tertiary/aromatic N) is 1. The number of para-hydroxylation sites is 1. The second kappa shape index (κ2) is 12.1. The molecule has 3 N–H and O–H groups in total. The highest BCUT2D eigenvalue weighted by molar-refractivity contribution is 7.52. The van der Waals surface area contributed by atoms with Crippen molar-refractivity contribution in [3.8, 4) is 5.75 Å². The van der Waals surface area contributed by atoms with Crippen molar-refractivity contribution in [2.75, 3.05) is 6.67 Å². The van der Waals surface area contributed by atoms with Gasteiger partial charge in [-0.25, -0.2) is 13.8 Å². The number of hydrogen-bond donors (Lipinski definition) is 3. The monoisotopic (exact) mass is 577 g/mol. The van der Waals surface area contributed by atoms with E-state index in [0.717, 1.165) is 16.8 Å². The predicted octanol–water partition coefficient (Wildman–Crippen LogP) is 2.26. The van der Waals surface area contributed by atoms with Crippen LogP contribution >= 0.6 is 19.3 Å². The molecule has 12 nitrogen and oxygen atoms in total. The molecule has 0 aliphatic carbocycles. The molecule has 2 aromatic rings. The molecule has 0 radical (unpaired) electrons. The molecule has 1 aliphatic heterocycles. The summed E-state index contributed by atoms with van der Waals surface area (Å²) in [6, 6.07) is 7.83. The van der Waals surface area contributed by atoms with Crippen LogP contribution in [0.25, 0.3) is 0 Å². The molecule has 1 unspecified atom stereocenters. The summed E-state index contributed by atoms with van der Waals surface area (Å²) < 4.78 is 51.0. The number of benzene rings is 1. The fraction of sp³-hybridized carbons (Fsp3) is 0.522. The summed E-state index contributed by atoms with van der Waals surface area (Å²) in [4.78, 5) is 36.0. The standard InChI is InChI=1S/C23H30ClFN3O9P/c1-13(2)34-20(31)14(3)27-38(33,37-16-8-6-5-7-9-16)36-15(4)18-19(30)23(24,12-25)21(35-18)28-11-10-17(29)26-22(28)32/h5-11,13-15,18-19,21,30H,12H2,1-4H3,(H,27,33)(H,26,29,32)/t14-,15+,18+,19?,21+,23+,38+/m0/s1. The molecule has 210 valence electrons. The van der Waals surface area contributed by atoms with Crippen molar-refractivity contribution in [1.29, 1.82) is 0 Å². The number of hydrogen-bond acceptors (Lipinski definition) is 9. The lowest BCUT2D eigenvalue weighted by Gasteiger charge is -2.30. The third-order valence-corrected chi connectivity index (χ3v) is 7.88. The largest absolute Gasteiger partial charge is 0.462 e. The van der Waals surface area contributed by atoms with E-state index >= 15 is 0 Å². The zero-order valence-corrected chi connectivity index (χ0v) is 22.7. The van der Waals surface area contributed by atoms with Crippen LogP contribution in [-0.4, -0.2) is 62.6 Å². The van der Waals surface area contributed by atoms with Gasteiger partial charge in [-0.2, -0.15) is 5.09 Å². The van der Waals surface area contributed by atoms with E-state index in [9.17, 15) is 28.4 Å². The minimum atomic E-state index is -4.38. The van der Waals surface area contributed by atoms with Gasteiger partial charge in [0.25, 0.3) is 5.56 Å². The lowest BCUT2D eigenvalue weighted by Crippen LogP contribution is -2.48. The van der Waals surface area contributed by atoms with Gasteiger partial charge in [0.2, 0.25) is 0 Å². The number of aromatic amines is 1. The number of alkyl halides is 2. The number of H-pyrrole nitrogens is 1. The van der Waals surface area contributed by atoms with Crippen LogP contribution in [-0.2, 0) is 23.4 Å². The number of aliphatic hydroxyl groups excluding tert-OH is 1. The summed E-state index contributed by atoms with van der Waals surface area (Å²) in [6.45, 7) is 4.72. The molecule has 7 atom stereocenters. The topological polar surface area (TPSA) is 158 Å². The maximum atomic E-state index is 14.2. The molecule has 15 heteroatoms. The number of aromatic nitrogens is 2. The highest BCUT2D eigenvalue weighted by Gasteiger charge is 2.59. The molecular formula is C23H30ClFN3O9P. The number of nitrogens with one attached hydrogen (secondary N) is 2. The van der Waals surface area contributed by atoms with Gasteiger partial charge in [-0.05, 0) is 39.8 Å². The van der Waals surface area contributed by atoms with E-state index in [0.29, 0.717) is 0 Å². The summed E-state index contributed by atoms with van der Waals surface area (Å²) in [5.74, 6) is -0.582. The first-order valence-corrected chi connectivity index (χ1v) is 13.6. The van der Waals surface area contributed by atoms with Gasteiger partial charge in [-0.1, -0.05) is 18.2 Å². The third kappa shape index (κ3) is 6.71. The molecule has 0 amide bonds. The van der Waals surface area contributed by atoms with E-state index in [2.05, 4.69) is 5.09 Å². The minimum Gasteiger partial charge on any atom is -0.462 e. The van der Waals surface area contributed by atoms with Gasteiger partial charge in [-0.15, -0.1) is 11.6 Å². The Morgan fingerprint density at radius 2 is 1.92 bits per heavy atom. The molecule has 1 aliphatic rings. The van der Waals surface area contributed by atoms with Crippen LogP contribution in [0.3, 0.4) is 0 Å². The summed E-state index contributed by atoms with van der Waals surface area (Å²) in [5, 5.41) is 13.4. The molecule has 0 spiro atoms. The van der Waals surface area contributed by atoms with Crippen molar-refractivity contribution in [2.45, 2.75) is 69.3 Å². The highest BCUT2D eigenvalue weighted by atomic mass is 35.5. The second-order valence-corrected chi connectivity index (χ2v) is 11.4. The van der Waals surface area contributed by atoms with Crippen LogP contribution < -0.4 is 20.9 Å². The molecule has 1 saturated heterocycles. The summed E-state index contributed by atoms with van der Waals surface area (Å²) in [6.07, 6.45) is -5.41. The number of aliphatic hydroxyl groups is 1. The van der Waals surface area contributed by atoms with Gasteiger partial charge in [0.1, 0.15) is 35.5 Å². The average molecular weight is 578 g/mol. The number of ether oxygens (including phenoxy) is 2. The van der Waals surface area contributed by atoms with E-state index in [-0.39, 0.29) is 5.75 Å². The van der Waals surface area contributed by atoms with E-state index in [1.165, 1.54) is 26.0 Å². The maximum absolute atomic E-state index is 14.2. The highest BCUT2D eigenvalue weighted by Crippen LogP contribution is 2.50. The van der Waals surface area contributed by atoms with E-state index in [4.69, 9.17) is 30.1 Å². The number of rotatable bonds is 11. The number of esters is 1. The van der Waals surface area contributed by atoms with Crippen molar-refractivity contribution in [3.05, 3.63) is 63.4 Å². The smallest absolute Gasteiger partial charge is 0.459 e. The number of carbonyl (C=O) groups is 1. The van der Waals surface area contributed by atoms with Gasteiger partial charge >= 0.3 is 19.4 Å². The molecule has 1 fully saturated rings. The normalized spacial score (nSPS) is 26.5. The van der Waals surface area contributed by atoms with Crippen LogP contribution in [0.15, 0.2) is 52.2 Å². The Morgan fingerprint density at radius 1 is 1.26 bits per heavy atom. The van der Waals surface area contributed by atoms with Crippen LogP contribution in [0, 0.1) is 0 Å². The van der Waals surface area contributed by atoms with Gasteiger partial charge < -0.3 is 19.1 Å². The molecule has 1 aromatic carbocycles. The van der Waals surface area contributed by atoms with Crippen LogP contribution in [0.5, 0.6) is 5.75 Å². The first kappa shape index (κ1) is 30.0. The molecule has 3 rings (SSSR count). The van der Waals surface area contributed by atoms with Crippen molar-refractivity contribution < 1.29 is 37.4 Å². The Labute approximate surface area is 222 Å². The Kier molecular flexibility index (Phi) is 9.56. The Morgan fingerprint density at radius 3 is 2.50 bits per heavy atom. The van der Waals surface area contributed by atoms with Crippen LogP contribution in [0.2, 0.25) is 0 Å². The number of halogens is 2. The van der Waals surface area contributed by atoms with Crippen LogP contribution in [0.1, 0.15) is 33.9 Å². The Balaban J connectivity index is 1.89. The van der Waals surface area contributed by atoms with Gasteiger partial charge in [0.05, 0.1) is 12.2 Å². The number of carbonyl (C=O) groups excluding carboxylic acids is 1. The van der Waals surface area contributed by atoms with E-state index < -0.39 is 73.2 Å². The average Bonchev–Trinajstić information content (AvgIpc) is 3.10. The molecular weight excluding hydrogens is 548 g/mol. The van der Waals surface area contributed by atoms with E-state index in [1.807, 2.05) is 4.98 Å². The minimum absolute atomic E-state index is 0.140. The maximum Gasteiger partial charge on any atom is 0.459 e. The lowest BCUT2D eigenvalue weighted by atomic mass is 9.97. The Bertz CT molecular complexity index is 1280. The van der Waals surface area contributed by atoms with Crippen LogP contribution in [0.4, 0.5) is 4.39 Å². The van der Waals surface area contributed by atoms with E-state index in [1.54, 1.807) is 32.0 Å².